The number of rotatable bonds is 4. The van der Waals surface area contributed by atoms with Crippen molar-refractivity contribution in [2.75, 3.05) is 0 Å². The highest BCUT2D eigenvalue weighted by atomic mass is 16.5. The molecule has 0 aromatic carbocycles. The lowest BCUT2D eigenvalue weighted by molar-refractivity contribution is -0.143. The van der Waals surface area contributed by atoms with Crippen LogP contribution >= 0.6 is 0 Å². The van der Waals surface area contributed by atoms with Gasteiger partial charge in [0.05, 0.1) is 12.2 Å². The Morgan fingerprint density at radius 1 is 1.09 bits per heavy atom. The fourth-order valence-corrected chi connectivity index (χ4v) is 2.81. The molecule has 0 saturated carbocycles. The minimum Gasteiger partial charge on any atom is -0.459 e. The highest BCUT2D eigenvalue weighted by molar-refractivity contribution is 5.82. The number of hydrogen-bond donors (Lipinski definition) is 2. The number of aliphatic hydroxyl groups is 2. The molecule has 0 aromatic heterocycles. The van der Waals surface area contributed by atoms with Gasteiger partial charge in [-0.2, -0.15) is 0 Å². The SMILES string of the molecule is CCCCCC1CCCCCC(O)CCC(O)C=CC(=O)O1. The molecular formula is C18H32O4. The molecule has 3 unspecified atom stereocenters. The Balaban J connectivity index is 2.55. The zero-order chi connectivity index (χ0) is 16.2. The Labute approximate surface area is 134 Å². The van der Waals surface area contributed by atoms with Crippen LogP contribution in [0.5, 0.6) is 0 Å². The van der Waals surface area contributed by atoms with E-state index in [2.05, 4.69) is 6.92 Å². The van der Waals surface area contributed by atoms with E-state index in [0.717, 1.165) is 57.8 Å². The zero-order valence-electron chi connectivity index (χ0n) is 13.9. The minimum absolute atomic E-state index is 0.0197. The number of cyclic esters (lactones) is 1. The van der Waals surface area contributed by atoms with E-state index in [1.807, 2.05) is 0 Å². The number of unbranched alkanes of at least 4 members (excludes halogenated alkanes) is 2. The van der Waals surface area contributed by atoms with Crippen LogP contribution in [0.3, 0.4) is 0 Å². The molecule has 1 aliphatic rings. The summed E-state index contributed by atoms with van der Waals surface area (Å²) in [5.74, 6) is -0.363. The molecule has 0 bridgehead atoms. The number of aliphatic hydroxyl groups excluding tert-OH is 2. The first-order chi connectivity index (χ1) is 10.6. The maximum Gasteiger partial charge on any atom is 0.330 e. The third-order valence-electron chi connectivity index (χ3n) is 4.23. The first-order valence-electron chi connectivity index (χ1n) is 8.86. The second-order valence-electron chi connectivity index (χ2n) is 6.35. The average Bonchev–Trinajstić information content (AvgIpc) is 2.49. The van der Waals surface area contributed by atoms with Gasteiger partial charge in [0.25, 0.3) is 0 Å². The maximum atomic E-state index is 11.8. The van der Waals surface area contributed by atoms with Gasteiger partial charge in [-0.05, 0) is 51.0 Å². The summed E-state index contributed by atoms with van der Waals surface area (Å²) in [7, 11) is 0. The van der Waals surface area contributed by atoms with Crippen LogP contribution in [0.15, 0.2) is 12.2 Å². The fraction of sp³-hybridized carbons (Fsp3) is 0.833. The van der Waals surface area contributed by atoms with Crippen molar-refractivity contribution < 1.29 is 19.7 Å². The minimum atomic E-state index is -0.691. The second-order valence-corrected chi connectivity index (χ2v) is 6.35. The van der Waals surface area contributed by atoms with Crippen molar-refractivity contribution in [2.45, 2.75) is 95.9 Å². The second kappa shape index (κ2) is 11.7. The highest BCUT2D eigenvalue weighted by Gasteiger charge is 2.14. The molecule has 0 aliphatic carbocycles. The number of carbonyl (C=O) groups excluding carboxylic acids is 1. The lowest BCUT2D eigenvalue weighted by Crippen LogP contribution is -2.18. The van der Waals surface area contributed by atoms with E-state index in [1.165, 1.54) is 12.2 Å². The largest absolute Gasteiger partial charge is 0.459 e. The van der Waals surface area contributed by atoms with Crippen LogP contribution in [-0.2, 0) is 9.53 Å². The van der Waals surface area contributed by atoms with Gasteiger partial charge in [-0.3, -0.25) is 0 Å². The van der Waals surface area contributed by atoms with Crippen molar-refractivity contribution in [3.8, 4) is 0 Å². The molecule has 0 saturated heterocycles. The lowest BCUT2D eigenvalue weighted by atomic mass is 10.0. The van der Waals surface area contributed by atoms with Gasteiger partial charge in [-0.15, -0.1) is 0 Å². The summed E-state index contributed by atoms with van der Waals surface area (Å²) in [6, 6.07) is 0. The molecule has 0 spiro atoms. The van der Waals surface area contributed by atoms with Gasteiger partial charge in [-0.1, -0.05) is 32.6 Å². The van der Waals surface area contributed by atoms with Crippen molar-refractivity contribution in [3.63, 3.8) is 0 Å². The van der Waals surface area contributed by atoms with E-state index in [9.17, 15) is 15.0 Å². The Bertz CT molecular complexity index is 327. The van der Waals surface area contributed by atoms with E-state index in [4.69, 9.17) is 4.74 Å². The number of carbonyl (C=O) groups is 1. The predicted octanol–water partition coefficient (Wildman–Crippen LogP) is 3.50. The van der Waals surface area contributed by atoms with Crippen LogP contribution in [0.1, 0.15) is 77.6 Å². The van der Waals surface area contributed by atoms with Gasteiger partial charge < -0.3 is 14.9 Å². The third-order valence-corrected chi connectivity index (χ3v) is 4.23. The molecule has 0 fully saturated rings. The van der Waals surface area contributed by atoms with Crippen LogP contribution in [0.4, 0.5) is 0 Å². The normalized spacial score (nSPS) is 28.9. The van der Waals surface area contributed by atoms with E-state index in [1.54, 1.807) is 0 Å². The molecule has 0 amide bonds. The Morgan fingerprint density at radius 2 is 1.86 bits per heavy atom. The van der Waals surface area contributed by atoms with Crippen molar-refractivity contribution >= 4 is 5.97 Å². The molecule has 0 radical (unpaired) electrons. The molecule has 2 N–H and O–H groups in total. The van der Waals surface area contributed by atoms with Crippen LogP contribution in [0, 0.1) is 0 Å². The van der Waals surface area contributed by atoms with E-state index in [0.29, 0.717) is 12.8 Å². The molecule has 1 aliphatic heterocycles. The number of hydrogen-bond acceptors (Lipinski definition) is 4. The summed E-state index contributed by atoms with van der Waals surface area (Å²) in [4.78, 5) is 11.8. The van der Waals surface area contributed by atoms with Gasteiger partial charge in [0.2, 0.25) is 0 Å². The summed E-state index contributed by atoms with van der Waals surface area (Å²) < 4.78 is 5.53. The van der Waals surface area contributed by atoms with Gasteiger partial charge in [0, 0.05) is 6.08 Å². The van der Waals surface area contributed by atoms with Crippen LogP contribution in [0.2, 0.25) is 0 Å². The summed E-state index contributed by atoms with van der Waals surface area (Å²) in [5.41, 5.74) is 0. The average molecular weight is 312 g/mol. The summed E-state index contributed by atoms with van der Waals surface area (Å²) in [6.45, 7) is 2.16. The van der Waals surface area contributed by atoms with Crippen LogP contribution < -0.4 is 0 Å². The molecule has 22 heavy (non-hydrogen) atoms. The Kier molecular flexibility index (Phi) is 10.2. The quantitative estimate of drug-likeness (QED) is 0.616. The molecule has 0 aromatic rings. The van der Waals surface area contributed by atoms with E-state index in [-0.39, 0.29) is 18.2 Å². The Hall–Kier alpha value is -0.870. The monoisotopic (exact) mass is 312 g/mol. The first-order valence-corrected chi connectivity index (χ1v) is 8.86. The topological polar surface area (TPSA) is 66.8 Å². The first kappa shape index (κ1) is 19.2. The highest BCUT2D eigenvalue weighted by Crippen LogP contribution is 2.17. The molecule has 4 heteroatoms. The molecule has 1 heterocycles. The standard InChI is InChI=1S/C18H32O4/c1-2-3-5-9-17-10-7-4-6-8-15(19)11-12-16(20)13-14-18(21)22-17/h13-17,19-20H,2-12H2,1H3. The lowest BCUT2D eigenvalue weighted by Gasteiger charge is -2.18. The molecule has 4 nitrogen and oxygen atoms in total. The smallest absolute Gasteiger partial charge is 0.330 e. The van der Waals surface area contributed by atoms with Gasteiger partial charge in [0.15, 0.2) is 0 Å². The van der Waals surface area contributed by atoms with Gasteiger partial charge >= 0.3 is 5.97 Å². The predicted molar refractivity (Wildman–Crippen MR) is 87.5 cm³/mol. The van der Waals surface area contributed by atoms with Gasteiger partial charge in [-0.25, -0.2) is 4.79 Å². The Morgan fingerprint density at radius 3 is 2.64 bits per heavy atom. The summed E-state index contributed by atoms with van der Waals surface area (Å²) in [6.07, 6.45) is 11.9. The van der Waals surface area contributed by atoms with Crippen LogP contribution in [-0.4, -0.2) is 34.5 Å². The van der Waals surface area contributed by atoms with Crippen molar-refractivity contribution in [2.24, 2.45) is 0 Å². The van der Waals surface area contributed by atoms with Crippen LogP contribution in [0.25, 0.3) is 0 Å². The van der Waals surface area contributed by atoms with Crippen molar-refractivity contribution in [1.82, 2.24) is 0 Å². The molecular weight excluding hydrogens is 280 g/mol. The van der Waals surface area contributed by atoms with Gasteiger partial charge in [0.1, 0.15) is 6.10 Å². The van der Waals surface area contributed by atoms with Crippen molar-refractivity contribution in [3.05, 3.63) is 12.2 Å². The molecule has 1 rings (SSSR count). The van der Waals surface area contributed by atoms with Crippen molar-refractivity contribution in [1.29, 1.82) is 0 Å². The summed E-state index contributed by atoms with van der Waals surface area (Å²) in [5, 5.41) is 19.6. The third kappa shape index (κ3) is 9.21. The number of esters is 1. The fourth-order valence-electron chi connectivity index (χ4n) is 2.81. The number of ether oxygens (including phenoxy) is 1. The molecule has 128 valence electrons. The zero-order valence-corrected chi connectivity index (χ0v) is 13.9. The summed E-state index contributed by atoms with van der Waals surface area (Å²) >= 11 is 0. The maximum absolute atomic E-state index is 11.8. The van der Waals surface area contributed by atoms with E-state index < -0.39 is 6.10 Å². The molecule has 3 atom stereocenters. The van der Waals surface area contributed by atoms with E-state index >= 15 is 0 Å².